The van der Waals surface area contributed by atoms with Crippen molar-refractivity contribution in [2.24, 2.45) is 0 Å². The van der Waals surface area contributed by atoms with E-state index in [1.807, 2.05) is 60.7 Å². The quantitative estimate of drug-likeness (QED) is 0.0340. The minimum absolute atomic E-state index is 0.173. The van der Waals surface area contributed by atoms with E-state index in [1.54, 1.807) is 24.3 Å². The number of carbonyl (C=O) groups excluding carboxylic acids is 5. The van der Waals surface area contributed by atoms with Crippen LogP contribution in [0.2, 0.25) is 25.7 Å². The van der Waals surface area contributed by atoms with E-state index in [2.05, 4.69) is 35.0 Å². The van der Waals surface area contributed by atoms with E-state index in [4.69, 9.17) is 14.3 Å². The van der Waals surface area contributed by atoms with Gasteiger partial charge >= 0.3 is 11.9 Å². The second-order valence-electron chi connectivity index (χ2n) is 15.3. The fourth-order valence-electron chi connectivity index (χ4n) is 5.74. The van der Waals surface area contributed by atoms with Crippen molar-refractivity contribution in [2.75, 3.05) is 26.9 Å². The zero-order valence-electron chi connectivity index (χ0n) is 34.4. The molecule has 2 atom stereocenters. The fraction of sp³-hybridized carbons (Fsp3) is 0.477. The number of aliphatic hydroxyl groups is 1. The zero-order valence-corrected chi connectivity index (χ0v) is 35.4. The minimum atomic E-state index is -1.53. The maximum absolute atomic E-state index is 13.5. The molecule has 58 heavy (non-hydrogen) atoms. The number of methoxy groups -OCH3 is 1. The van der Waals surface area contributed by atoms with Gasteiger partial charge in [-0.2, -0.15) is 0 Å². The molecule has 13 nitrogen and oxygen atoms in total. The van der Waals surface area contributed by atoms with Crippen LogP contribution in [0.25, 0.3) is 0 Å². The highest BCUT2D eigenvalue weighted by molar-refractivity contribution is 6.76. The molecule has 0 heterocycles. The average Bonchev–Trinajstić information content (AvgIpc) is 3.22. The molecule has 0 unspecified atom stereocenters. The molecule has 0 spiro atoms. The van der Waals surface area contributed by atoms with Gasteiger partial charge in [0.1, 0.15) is 31.0 Å². The summed E-state index contributed by atoms with van der Waals surface area (Å²) >= 11 is 0. The van der Waals surface area contributed by atoms with Crippen LogP contribution in [0.1, 0.15) is 79.3 Å². The smallest absolute Gasteiger partial charge is 0.328 e. The lowest BCUT2D eigenvalue weighted by molar-refractivity contribution is -0.192. The third-order valence-corrected chi connectivity index (χ3v) is 10.9. The number of carbonyl (C=O) groups is 5. The van der Waals surface area contributed by atoms with Crippen LogP contribution in [0, 0.1) is 0 Å². The molecule has 0 aliphatic rings. The highest BCUT2D eigenvalue weighted by Crippen LogP contribution is 2.20. The van der Waals surface area contributed by atoms with E-state index < -0.39 is 44.5 Å². The van der Waals surface area contributed by atoms with Crippen molar-refractivity contribution < 1.29 is 48.1 Å². The van der Waals surface area contributed by atoms with E-state index in [1.165, 1.54) is 12.2 Å². The summed E-state index contributed by atoms with van der Waals surface area (Å²) in [6, 6.07) is 23.9. The van der Waals surface area contributed by atoms with Crippen molar-refractivity contribution in [2.45, 2.75) is 109 Å². The topological polar surface area (TPSA) is 170 Å². The minimum Gasteiger partial charge on any atom is -0.488 e. The van der Waals surface area contributed by atoms with Crippen molar-refractivity contribution in [3.63, 3.8) is 0 Å². The van der Waals surface area contributed by atoms with Gasteiger partial charge in [0.25, 0.3) is 5.91 Å². The van der Waals surface area contributed by atoms with Crippen LogP contribution in [0.15, 0.2) is 84.9 Å². The molecule has 3 rings (SSSR count). The molecule has 0 aliphatic heterocycles. The van der Waals surface area contributed by atoms with Crippen molar-refractivity contribution in [3.05, 3.63) is 102 Å². The molecule has 0 aromatic heterocycles. The first-order valence-corrected chi connectivity index (χ1v) is 23.8. The molecular weight excluding hydrogens is 759 g/mol. The number of hydrogen-bond donors (Lipinski definition) is 3. The molecular formula is C44H61N3O10Si. The molecule has 3 amide bonds. The molecule has 0 saturated carbocycles. The van der Waals surface area contributed by atoms with Crippen LogP contribution >= 0.6 is 0 Å². The molecule has 3 aromatic rings. The van der Waals surface area contributed by atoms with Crippen molar-refractivity contribution in [1.29, 1.82) is 0 Å². The molecule has 14 heteroatoms. The summed E-state index contributed by atoms with van der Waals surface area (Å²) in [5.41, 5.74) is 1.99. The molecule has 3 N–H and O–H groups in total. The first kappa shape index (κ1) is 47.3. The van der Waals surface area contributed by atoms with E-state index in [-0.39, 0.29) is 56.6 Å². The molecule has 0 bridgehead atoms. The molecule has 3 aromatic carbocycles. The number of amides is 3. The number of nitrogens with zero attached hydrogens (tertiary/aromatic N) is 1. The highest BCUT2D eigenvalue weighted by Gasteiger charge is 2.29. The Morgan fingerprint density at radius 2 is 1.34 bits per heavy atom. The fourth-order valence-corrected chi connectivity index (χ4v) is 6.46. The van der Waals surface area contributed by atoms with Gasteiger partial charge in [-0.05, 0) is 61.4 Å². The molecule has 0 aliphatic carbocycles. The van der Waals surface area contributed by atoms with Crippen LogP contribution in [-0.2, 0) is 46.7 Å². The van der Waals surface area contributed by atoms with Crippen LogP contribution in [0.3, 0.4) is 0 Å². The highest BCUT2D eigenvalue weighted by atomic mass is 28.3. The number of aliphatic hydroxyl groups excluding tert-OH is 1. The van der Waals surface area contributed by atoms with Gasteiger partial charge in [0.15, 0.2) is 0 Å². The normalized spacial score (nSPS) is 12.2. The lowest BCUT2D eigenvalue weighted by Gasteiger charge is -2.24. The Labute approximate surface area is 343 Å². The number of ether oxygens (including phenoxy) is 3. The number of hydroxylamine groups is 2. The third kappa shape index (κ3) is 18.5. The lowest BCUT2D eigenvalue weighted by atomic mass is 10.1. The number of esters is 2. The van der Waals surface area contributed by atoms with Crippen LogP contribution in [0.5, 0.6) is 5.75 Å². The first-order valence-electron chi connectivity index (χ1n) is 20.1. The Morgan fingerprint density at radius 1 is 0.724 bits per heavy atom. The SMILES string of the molecule is COC(=O)CCCCCCC(=O)N(CCCC[C@H](NC(=O)[C@H](CO)NC(=O)c1ccccc1OCc1ccccc1)C(=O)OCC[Si](C)(C)C)OCc1ccccc1. The molecule has 0 radical (unpaired) electrons. The first-order chi connectivity index (χ1) is 27.9. The summed E-state index contributed by atoms with van der Waals surface area (Å²) in [5, 5.41) is 16.8. The Balaban J connectivity index is 1.63. The van der Waals surface area contributed by atoms with Gasteiger partial charge in [0.05, 0.1) is 25.9 Å². The van der Waals surface area contributed by atoms with Crippen molar-refractivity contribution >= 4 is 37.7 Å². The average molecular weight is 820 g/mol. The van der Waals surface area contributed by atoms with Crippen LogP contribution in [0.4, 0.5) is 0 Å². The van der Waals surface area contributed by atoms with Gasteiger partial charge in [-0.1, -0.05) is 105 Å². The van der Waals surface area contributed by atoms with E-state index in [0.717, 1.165) is 30.0 Å². The Morgan fingerprint density at radius 3 is 1.98 bits per heavy atom. The van der Waals surface area contributed by atoms with E-state index in [0.29, 0.717) is 37.9 Å². The molecule has 316 valence electrons. The van der Waals surface area contributed by atoms with Crippen molar-refractivity contribution in [1.82, 2.24) is 15.7 Å². The van der Waals surface area contributed by atoms with Gasteiger partial charge in [0, 0.05) is 27.5 Å². The lowest BCUT2D eigenvalue weighted by Crippen LogP contribution is -2.53. The number of para-hydroxylation sites is 1. The monoisotopic (exact) mass is 819 g/mol. The van der Waals surface area contributed by atoms with Gasteiger partial charge in [-0.15, -0.1) is 0 Å². The number of unbranched alkanes of at least 4 members (excludes halogenated alkanes) is 4. The second kappa shape index (κ2) is 26.0. The zero-order chi connectivity index (χ0) is 42.2. The number of rotatable bonds is 27. The van der Waals surface area contributed by atoms with Gasteiger partial charge in [0.2, 0.25) is 11.8 Å². The summed E-state index contributed by atoms with van der Waals surface area (Å²) in [5.74, 6) is -2.11. The molecule has 0 fully saturated rings. The van der Waals surface area contributed by atoms with Gasteiger partial charge in [-0.25, -0.2) is 9.86 Å². The van der Waals surface area contributed by atoms with Gasteiger partial charge < -0.3 is 30.0 Å². The summed E-state index contributed by atoms with van der Waals surface area (Å²) in [6.45, 7) is 6.66. The largest absolute Gasteiger partial charge is 0.488 e. The van der Waals surface area contributed by atoms with Gasteiger partial charge in [-0.3, -0.25) is 24.0 Å². The van der Waals surface area contributed by atoms with Crippen molar-refractivity contribution in [3.8, 4) is 5.75 Å². The Bertz CT molecular complexity index is 1700. The maximum atomic E-state index is 13.5. The second-order valence-corrected chi connectivity index (χ2v) is 20.9. The van der Waals surface area contributed by atoms with E-state index in [9.17, 15) is 29.1 Å². The van der Waals surface area contributed by atoms with E-state index >= 15 is 0 Å². The summed E-state index contributed by atoms with van der Waals surface area (Å²) in [6.07, 6.45) is 4.57. The van der Waals surface area contributed by atoms with Crippen LogP contribution in [-0.4, -0.2) is 86.9 Å². The number of nitrogens with one attached hydrogen (secondary N) is 2. The molecule has 0 saturated heterocycles. The number of benzene rings is 3. The predicted octanol–water partition coefficient (Wildman–Crippen LogP) is 6.37. The predicted molar refractivity (Wildman–Crippen MR) is 223 cm³/mol. The maximum Gasteiger partial charge on any atom is 0.328 e. The number of hydrogen-bond acceptors (Lipinski definition) is 10. The summed E-state index contributed by atoms with van der Waals surface area (Å²) < 4.78 is 16.2. The standard InChI is InChI=1S/C44H61N3O10Si/c1-54-41(50)27-14-6-5-13-26-40(49)47(57-33-35-21-11-8-12-22-35)28-18-17-24-37(44(53)55-29-30-58(2,3)4)45-43(52)38(31-48)46-42(51)36-23-15-16-25-39(36)56-32-34-19-9-7-10-20-34/h7-12,15-16,19-23,25,37-38,48H,5-6,13-14,17-18,24,26-33H2,1-4H3,(H,45,52)(H,46,51)/t37-,38-/m0/s1. The Kier molecular flexibility index (Phi) is 21.3. The third-order valence-electron chi connectivity index (χ3n) is 9.23. The summed E-state index contributed by atoms with van der Waals surface area (Å²) in [7, 11) is -0.167. The van der Waals surface area contributed by atoms with Crippen LogP contribution < -0.4 is 15.4 Å². The Hall–Kier alpha value is -5.05. The summed E-state index contributed by atoms with van der Waals surface area (Å²) in [4.78, 5) is 71.0.